The summed E-state index contributed by atoms with van der Waals surface area (Å²) in [4.78, 5) is 24.0. The van der Waals surface area contributed by atoms with E-state index >= 15 is 0 Å². The van der Waals surface area contributed by atoms with Crippen LogP contribution in [0.3, 0.4) is 0 Å². The smallest absolute Gasteiger partial charge is 0.313 e. The maximum atomic E-state index is 12.2. The Labute approximate surface area is 190 Å². The van der Waals surface area contributed by atoms with Gasteiger partial charge in [-0.25, -0.2) is 0 Å². The van der Waals surface area contributed by atoms with Gasteiger partial charge in [-0.1, -0.05) is 30.4 Å². The number of fused-ring (bicyclic) bond motifs is 1. The Balaban J connectivity index is 1.41. The molecular formula is C23H28O4S3. The van der Waals surface area contributed by atoms with Crippen LogP contribution in [0, 0.1) is 5.92 Å². The first-order valence-electron chi connectivity index (χ1n) is 10.3. The molecule has 0 spiro atoms. The van der Waals surface area contributed by atoms with Crippen molar-refractivity contribution in [2.45, 2.75) is 43.5 Å². The Kier molecular flexibility index (Phi) is 9.30. The molecule has 1 heterocycles. The lowest BCUT2D eigenvalue weighted by molar-refractivity contribution is -0.133. The van der Waals surface area contributed by atoms with Gasteiger partial charge in [0.05, 0.1) is 17.1 Å². The summed E-state index contributed by atoms with van der Waals surface area (Å²) < 4.78 is 1.28. The number of carboxylic acids is 1. The summed E-state index contributed by atoms with van der Waals surface area (Å²) in [5.74, 6) is 1.51. The van der Waals surface area contributed by atoms with Crippen molar-refractivity contribution in [3.63, 3.8) is 0 Å². The number of allylic oxidation sites excluding steroid dienone is 1. The van der Waals surface area contributed by atoms with Crippen molar-refractivity contribution < 1.29 is 19.8 Å². The monoisotopic (exact) mass is 464 g/mol. The van der Waals surface area contributed by atoms with Crippen molar-refractivity contribution in [1.82, 2.24) is 0 Å². The molecule has 1 aliphatic rings. The van der Waals surface area contributed by atoms with E-state index in [0.29, 0.717) is 18.6 Å². The molecule has 30 heavy (non-hydrogen) atoms. The van der Waals surface area contributed by atoms with Gasteiger partial charge in [-0.2, -0.15) is 11.8 Å². The lowest BCUT2D eigenvalue weighted by Crippen LogP contribution is -2.17. The molecule has 0 unspecified atom stereocenters. The molecule has 3 rings (SSSR count). The number of ketones is 1. The third-order valence-corrected chi connectivity index (χ3v) is 8.83. The summed E-state index contributed by atoms with van der Waals surface area (Å²) in [6.45, 7) is 0. The molecule has 1 saturated carbocycles. The van der Waals surface area contributed by atoms with E-state index < -0.39 is 12.1 Å². The van der Waals surface area contributed by atoms with E-state index in [1.807, 2.05) is 24.3 Å². The number of carboxylic acid groups (broad SMARTS) is 1. The van der Waals surface area contributed by atoms with Crippen LogP contribution in [0.2, 0.25) is 0 Å². The SMILES string of the molecule is O=C(O)CSCCCS[C@H]1C(=O)CC[C@H]1C=C[C@@H](O)CCc1cc2ccccc2s1. The fraction of sp³-hybridized carbons (Fsp3) is 0.478. The van der Waals surface area contributed by atoms with Gasteiger partial charge >= 0.3 is 5.97 Å². The number of rotatable bonds is 12. The van der Waals surface area contributed by atoms with Gasteiger partial charge in [0.2, 0.25) is 0 Å². The number of aryl methyl sites for hydroxylation is 1. The highest BCUT2D eigenvalue weighted by Crippen LogP contribution is 2.34. The van der Waals surface area contributed by atoms with Gasteiger partial charge < -0.3 is 10.2 Å². The summed E-state index contributed by atoms with van der Waals surface area (Å²) in [5, 5.41) is 20.3. The number of carbonyl (C=O) groups excluding carboxylic acids is 1. The number of benzene rings is 1. The van der Waals surface area contributed by atoms with E-state index in [9.17, 15) is 14.7 Å². The Bertz CT molecular complexity index is 843. The van der Waals surface area contributed by atoms with Crippen molar-refractivity contribution in [2.75, 3.05) is 17.3 Å². The molecular weight excluding hydrogens is 436 g/mol. The number of aliphatic hydroxyl groups excluding tert-OH is 1. The summed E-state index contributed by atoms with van der Waals surface area (Å²) >= 11 is 4.88. The zero-order chi connectivity index (χ0) is 21.3. The molecule has 3 atom stereocenters. The van der Waals surface area contributed by atoms with E-state index in [1.165, 1.54) is 26.7 Å². The Morgan fingerprint density at radius 1 is 1.30 bits per heavy atom. The molecule has 1 aromatic carbocycles. The number of aliphatic carboxylic acids is 1. The number of hydrogen-bond donors (Lipinski definition) is 2. The molecule has 0 bridgehead atoms. The van der Waals surface area contributed by atoms with Crippen LogP contribution in [-0.4, -0.2) is 50.6 Å². The largest absolute Gasteiger partial charge is 0.481 e. The fourth-order valence-corrected chi connectivity index (χ4v) is 6.88. The second-order valence-corrected chi connectivity index (χ2v) is 11.0. The number of hydrogen-bond acceptors (Lipinski definition) is 6. The van der Waals surface area contributed by atoms with Crippen LogP contribution < -0.4 is 0 Å². The van der Waals surface area contributed by atoms with E-state index in [1.54, 1.807) is 23.1 Å². The Hall–Kier alpha value is -1.28. The second kappa shape index (κ2) is 11.9. The number of Topliss-reactive ketones (excluding diaryl/α,β-unsaturated/α-hetero) is 1. The number of aliphatic hydroxyl groups is 1. The maximum Gasteiger partial charge on any atom is 0.313 e. The van der Waals surface area contributed by atoms with E-state index in [-0.39, 0.29) is 16.9 Å². The van der Waals surface area contributed by atoms with Crippen LogP contribution in [0.15, 0.2) is 42.5 Å². The number of thiophene rings is 1. The standard InChI is InChI=1S/C23H28O4S3/c24-18(9-10-19-14-17-4-1-2-5-21(17)30-19)8-6-16-7-11-20(25)23(16)29-13-3-12-28-15-22(26)27/h1-2,4-6,8,14,16,18,23-24H,3,7,9-13,15H2,(H,26,27)/t16-,18-,23-/m1/s1. The molecule has 4 nitrogen and oxygen atoms in total. The lowest BCUT2D eigenvalue weighted by Gasteiger charge is -2.15. The minimum atomic E-state index is -0.783. The third-order valence-electron chi connectivity index (χ3n) is 5.13. The van der Waals surface area contributed by atoms with Crippen molar-refractivity contribution in [1.29, 1.82) is 0 Å². The predicted octanol–water partition coefficient (Wildman–Crippen LogP) is 5.04. The molecule has 7 heteroatoms. The van der Waals surface area contributed by atoms with Crippen molar-refractivity contribution >= 4 is 56.7 Å². The fourth-order valence-electron chi connectivity index (χ4n) is 3.60. The Morgan fingerprint density at radius 2 is 2.13 bits per heavy atom. The van der Waals surface area contributed by atoms with Crippen LogP contribution >= 0.6 is 34.9 Å². The van der Waals surface area contributed by atoms with Crippen molar-refractivity contribution in [2.24, 2.45) is 5.92 Å². The van der Waals surface area contributed by atoms with Crippen LogP contribution in [0.5, 0.6) is 0 Å². The second-order valence-electron chi connectivity index (χ2n) is 7.50. The zero-order valence-corrected chi connectivity index (χ0v) is 19.3. The van der Waals surface area contributed by atoms with Crippen molar-refractivity contribution in [3.05, 3.63) is 47.4 Å². The highest BCUT2D eigenvalue weighted by molar-refractivity contribution is 8.01. The summed E-state index contributed by atoms with van der Waals surface area (Å²) in [6.07, 6.45) is 7.31. The maximum absolute atomic E-state index is 12.2. The van der Waals surface area contributed by atoms with Crippen LogP contribution in [0.25, 0.3) is 10.1 Å². The summed E-state index contributed by atoms with van der Waals surface area (Å²) in [5.41, 5.74) is 0. The van der Waals surface area contributed by atoms with Gasteiger partial charge in [-0.05, 0) is 60.6 Å². The van der Waals surface area contributed by atoms with E-state index in [2.05, 4.69) is 18.2 Å². The van der Waals surface area contributed by atoms with Crippen LogP contribution in [0.4, 0.5) is 0 Å². The Morgan fingerprint density at radius 3 is 2.93 bits per heavy atom. The van der Waals surface area contributed by atoms with Crippen LogP contribution in [0.1, 0.15) is 30.6 Å². The minimum Gasteiger partial charge on any atom is -0.481 e. The third kappa shape index (κ3) is 7.15. The first kappa shape index (κ1) is 23.4. The van der Waals surface area contributed by atoms with E-state index in [0.717, 1.165) is 30.8 Å². The van der Waals surface area contributed by atoms with Gasteiger partial charge in [0.25, 0.3) is 0 Å². The first-order valence-corrected chi connectivity index (χ1v) is 13.3. The molecule has 162 valence electrons. The number of carbonyl (C=O) groups is 2. The molecule has 1 aromatic heterocycles. The van der Waals surface area contributed by atoms with Gasteiger partial charge in [0.15, 0.2) is 0 Å². The molecule has 2 aromatic rings. The minimum absolute atomic E-state index is 0.0273. The first-order chi connectivity index (χ1) is 14.5. The van der Waals surface area contributed by atoms with Gasteiger partial charge in [-0.15, -0.1) is 23.1 Å². The van der Waals surface area contributed by atoms with Crippen molar-refractivity contribution in [3.8, 4) is 0 Å². The topological polar surface area (TPSA) is 74.6 Å². The highest BCUT2D eigenvalue weighted by Gasteiger charge is 2.33. The predicted molar refractivity (Wildman–Crippen MR) is 129 cm³/mol. The highest BCUT2D eigenvalue weighted by atomic mass is 32.2. The lowest BCUT2D eigenvalue weighted by atomic mass is 10.0. The van der Waals surface area contributed by atoms with Gasteiger partial charge in [0.1, 0.15) is 5.78 Å². The molecule has 0 radical (unpaired) electrons. The molecule has 0 amide bonds. The van der Waals surface area contributed by atoms with Gasteiger partial charge in [0, 0.05) is 16.0 Å². The zero-order valence-electron chi connectivity index (χ0n) is 16.9. The molecule has 0 saturated heterocycles. The summed E-state index contributed by atoms with van der Waals surface area (Å²) in [6, 6.07) is 10.5. The van der Waals surface area contributed by atoms with Crippen LogP contribution in [-0.2, 0) is 16.0 Å². The summed E-state index contributed by atoms with van der Waals surface area (Å²) in [7, 11) is 0. The quantitative estimate of drug-likeness (QED) is 0.339. The average Bonchev–Trinajstić information content (AvgIpc) is 3.30. The van der Waals surface area contributed by atoms with Gasteiger partial charge in [-0.3, -0.25) is 9.59 Å². The normalized spacial score (nSPS) is 20.4. The molecule has 0 aliphatic heterocycles. The average molecular weight is 465 g/mol. The number of thioether (sulfide) groups is 2. The molecule has 2 N–H and O–H groups in total. The molecule has 1 fully saturated rings. The molecule has 1 aliphatic carbocycles. The van der Waals surface area contributed by atoms with E-state index in [4.69, 9.17) is 5.11 Å².